The van der Waals surface area contributed by atoms with Crippen molar-refractivity contribution in [1.82, 2.24) is 0 Å². The van der Waals surface area contributed by atoms with Crippen LogP contribution in [0.5, 0.6) is 0 Å². The second-order valence-electron chi connectivity index (χ2n) is 6.98. The second-order valence-corrected chi connectivity index (χ2v) is 6.98. The Morgan fingerprint density at radius 1 is 1.07 bits per heavy atom. The van der Waals surface area contributed by atoms with Crippen molar-refractivity contribution < 1.29 is 37.9 Å². The van der Waals surface area contributed by atoms with E-state index < -0.39 is 30.5 Å². The molecule has 30 heavy (non-hydrogen) atoms. The van der Waals surface area contributed by atoms with Crippen molar-refractivity contribution in [2.45, 2.75) is 71.5 Å². The van der Waals surface area contributed by atoms with Crippen molar-refractivity contribution in [3.05, 3.63) is 42.4 Å². The summed E-state index contributed by atoms with van der Waals surface area (Å²) in [6, 6.07) is 3.40. The number of Topliss-reactive ketones (excluding diaryl/α,β-unsaturated/α-hetero) is 1. The second kappa shape index (κ2) is 10.9. The number of rotatable bonds is 10. The standard InChI is InChI=1S/C22H30NO7/c1-6-14(4)28-20-17(13-27-18(25)7-2)29-22(21(20)30-19(26)8-3)23-11-9-10-16(12-23)15(5)24/h9-12,17,20-22H,4,6-8,13H2,1-3,5H3/q+1/t17-,20-,21-,22-/m1/s1. The Morgan fingerprint density at radius 2 is 1.77 bits per heavy atom. The van der Waals surface area contributed by atoms with Gasteiger partial charge in [0.2, 0.25) is 6.10 Å². The fraction of sp³-hybridized carbons (Fsp3) is 0.545. The van der Waals surface area contributed by atoms with E-state index in [4.69, 9.17) is 18.9 Å². The molecule has 0 N–H and O–H groups in total. The van der Waals surface area contributed by atoms with Gasteiger partial charge in [0.1, 0.15) is 12.7 Å². The lowest BCUT2D eigenvalue weighted by Crippen LogP contribution is -2.48. The van der Waals surface area contributed by atoms with E-state index in [1.807, 2.05) is 6.92 Å². The molecule has 0 amide bonds. The summed E-state index contributed by atoms with van der Waals surface area (Å²) in [7, 11) is 0. The molecule has 2 rings (SSSR count). The first-order valence-corrected chi connectivity index (χ1v) is 10.2. The van der Waals surface area contributed by atoms with Crippen molar-refractivity contribution >= 4 is 17.7 Å². The molecule has 0 bridgehead atoms. The minimum Gasteiger partial charge on any atom is -0.488 e. The predicted molar refractivity (Wildman–Crippen MR) is 106 cm³/mol. The van der Waals surface area contributed by atoms with Crippen molar-refractivity contribution in [2.75, 3.05) is 6.61 Å². The first kappa shape index (κ1) is 23.5. The average Bonchev–Trinajstić information content (AvgIpc) is 3.08. The van der Waals surface area contributed by atoms with Gasteiger partial charge < -0.3 is 18.9 Å². The van der Waals surface area contributed by atoms with E-state index >= 15 is 0 Å². The molecule has 0 unspecified atom stereocenters. The van der Waals surface area contributed by atoms with Crippen LogP contribution in [0.25, 0.3) is 0 Å². The van der Waals surface area contributed by atoms with E-state index in [0.717, 1.165) is 0 Å². The van der Waals surface area contributed by atoms with Crippen LogP contribution in [0.15, 0.2) is 36.9 Å². The van der Waals surface area contributed by atoms with Gasteiger partial charge in [-0.3, -0.25) is 14.4 Å². The zero-order chi connectivity index (χ0) is 22.3. The lowest BCUT2D eigenvalue weighted by Gasteiger charge is -2.24. The van der Waals surface area contributed by atoms with Crippen LogP contribution < -0.4 is 4.57 Å². The Kier molecular flexibility index (Phi) is 8.53. The van der Waals surface area contributed by atoms with E-state index in [1.165, 1.54) is 6.92 Å². The summed E-state index contributed by atoms with van der Waals surface area (Å²) in [5.41, 5.74) is 0.484. The molecule has 164 valence electrons. The number of hydrogen-bond acceptors (Lipinski definition) is 7. The molecule has 1 aromatic heterocycles. The van der Waals surface area contributed by atoms with Gasteiger partial charge in [0.25, 0.3) is 0 Å². The monoisotopic (exact) mass is 420 g/mol. The molecule has 1 saturated heterocycles. The smallest absolute Gasteiger partial charge is 0.306 e. The van der Waals surface area contributed by atoms with Crippen LogP contribution in [0.2, 0.25) is 0 Å². The number of allylic oxidation sites excluding steroid dienone is 1. The summed E-state index contributed by atoms with van der Waals surface area (Å²) >= 11 is 0. The highest BCUT2D eigenvalue weighted by atomic mass is 16.6. The molecule has 0 aliphatic carbocycles. The van der Waals surface area contributed by atoms with E-state index in [2.05, 4.69) is 6.58 Å². The maximum atomic E-state index is 12.1. The summed E-state index contributed by atoms with van der Waals surface area (Å²) in [6.45, 7) is 10.6. The van der Waals surface area contributed by atoms with Crippen LogP contribution in [-0.4, -0.2) is 42.6 Å². The molecule has 8 nitrogen and oxygen atoms in total. The molecule has 0 saturated carbocycles. The minimum atomic E-state index is -0.821. The average molecular weight is 420 g/mol. The lowest BCUT2D eigenvalue weighted by atomic mass is 10.1. The van der Waals surface area contributed by atoms with Gasteiger partial charge >= 0.3 is 18.2 Å². The lowest BCUT2D eigenvalue weighted by molar-refractivity contribution is -0.765. The van der Waals surface area contributed by atoms with E-state index in [1.54, 1.807) is 42.9 Å². The quantitative estimate of drug-likeness (QED) is 0.249. The molecular formula is C22H30NO7+. The Balaban J connectivity index is 2.40. The number of carbonyl (C=O) groups is 3. The van der Waals surface area contributed by atoms with E-state index in [0.29, 0.717) is 17.7 Å². The van der Waals surface area contributed by atoms with Crippen molar-refractivity contribution in [3.8, 4) is 0 Å². The van der Waals surface area contributed by atoms with E-state index in [9.17, 15) is 14.4 Å². The fourth-order valence-electron chi connectivity index (χ4n) is 3.00. The third-order valence-corrected chi connectivity index (χ3v) is 4.76. The largest absolute Gasteiger partial charge is 0.488 e. The summed E-state index contributed by atoms with van der Waals surface area (Å²) < 4.78 is 24.7. The molecule has 0 radical (unpaired) electrons. The molecule has 0 aromatic carbocycles. The summed E-state index contributed by atoms with van der Waals surface area (Å²) in [5, 5.41) is 0. The molecule has 4 atom stereocenters. The van der Waals surface area contributed by atoms with Crippen LogP contribution >= 0.6 is 0 Å². The first-order chi connectivity index (χ1) is 14.3. The van der Waals surface area contributed by atoms with Gasteiger partial charge in [0.15, 0.2) is 24.3 Å². The maximum Gasteiger partial charge on any atom is 0.306 e. The number of aromatic nitrogens is 1. The summed E-state index contributed by atoms with van der Waals surface area (Å²) in [4.78, 5) is 35.6. The maximum absolute atomic E-state index is 12.1. The minimum absolute atomic E-state index is 0.0576. The van der Waals surface area contributed by atoms with Crippen molar-refractivity contribution in [2.24, 2.45) is 0 Å². The number of ketones is 1. The first-order valence-electron chi connectivity index (χ1n) is 10.2. The third kappa shape index (κ3) is 5.89. The van der Waals surface area contributed by atoms with Gasteiger partial charge in [-0.1, -0.05) is 27.4 Å². The molecule has 1 aliphatic rings. The number of ether oxygens (including phenoxy) is 4. The Bertz CT molecular complexity index is 791. The van der Waals surface area contributed by atoms with Crippen LogP contribution in [0, 0.1) is 0 Å². The van der Waals surface area contributed by atoms with Crippen LogP contribution in [-0.2, 0) is 28.5 Å². The molecular weight excluding hydrogens is 390 g/mol. The Morgan fingerprint density at radius 3 is 2.37 bits per heavy atom. The molecule has 0 spiro atoms. The molecule has 1 aromatic rings. The zero-order valence-corrected chi connectivity index (χ0v) is 18.0. The Labute approximate surface area is 176 Å². The Hall–Kier alpha value is -2.74. The highest BCUT2D eigenvalue weighted by Crippen LogP contribution is 2.33. The van der Waals surface area contributed by atoms with Gasteiger partial charge in [-0.25, -0.2) is 0 Å². The van der Waals surface area contributed by atoms with Gasteiger partial charge in [0.05, 0.1) is 11.3 Å². The zero-order valence-electron chi connectivity index (χ0n) is 18.0. The molecule has 1 fully saturated rings. The molecule has 8 heteroatoms. The van der Waals surface area contributed by atoms with E-state index in [-0.39, 0.29) is 31.2 Å². The van der Waals surface area contributed by atoms with Gasteiger partial charge in [0, 0.05) is 25.3 Å². The number of hydrogen-bond donors (Lipinski definition) is 0. The normalized spacial score (nSPS) is 22.9. The number of pyridine rings is 1. The highest BCUT2D eigenvalue weighted by Gasteiger charge is 2.54. The summed E-state index contributed by atoms with van der Waals surface area (Å²) in [6.07, 6.45) is 1.32. The number of nitrogens with zero attached hydrogens (tertiary/aromatic N) is 1. The molecule has 2 heterocycles. The van der Waals surface area contributed by atoms with Crippen LogP contribution in [0.1, 0.15) is 63.5 Å². The van der Waals surface area contributed by atoms with Crippen molar-refractivity contribution in [3.63, 3.8) is 0 Å². The van der Waals surface area contributed by atoms with Crippen LogP contribution in [0.4, 0.5) is 0 Å². The van der Waals surface area contributed by atoms with Crippen molar-refractivity contribution in [1.29, 1.82) is 0 Å². The van der Waals surface area contributed by atoms with Gasteiger partial charge in [-0.05, 0) is 13.0 Å². The topological polar surface area (TPSA) is 92.0 Å². The highest BCUT2D eigenvalue weighted by molar-refractivity contribution is 5.93. The van der Waals surface area contributed by atoms with Gasteiger partial charge in [-0.15, -0.1) is 0 Å². The number of carbonyl (C=O) groups excluding carboxylic acids is 3. The third-order valence-electron chi connectivity index (χ3n) is 4.76. The SMILES string of the molecule is C=C(CC)O[C@H]1[C@@H](OC(=O)CC)[C@H]([n+]2cccc(C(C)=O)c2)O[C@@H]1COC(=O)CC. The fourth-order valence-corrected chi connectivity index (χ4v) is 3.00. The number of esters is 2. The summed E-state index contributed by atoms with van der Waals surface area (Å²) in [5.74, 6) is -0.400. The molecule has 1 aliphatic heterocycles. The van der Waals surface area contributed by atoms with Gasteiger partial charge in [-0.2, -0.15) is 4.57 Å². The van der Waals surface area contributed by atoms with Crippen LogP contribution in [0.3, 0.4) is 0 Å². The predicted octanol–water partition coefficient (Wildman–Crippen LogP) is 2.66.